The van der Waals surface area contributed by atoms with Crippen molar-refractivity contribution in [1.82, 2.24) is 0 Å². The van der Waals surface area contributed by atoms with E-state index in [-0.39, 0.29) is 5.82 Å². The first kappa shape index (κ1) is 13.5. The van der Waals surface area contributed by atoms with Crippen LogP contribution < -0.4 is 0 Å². The van der Waals surface area contributed by atoms with Crippen molar-refractivity contribution < 1.29 is 20.7 Å². The predicted molar refractivity (Wildman–Crippen MR) is 64.3 cm³/mol. The van der Waals surface area contributed by atoms with E-state index in [1.54, 1.807) is 13.0 Å². The Morgan fingerprint density at radius 1 is 1.19 bits per heavy atom. The number of aryl methyl sites for hydroxylation is 1. The topological polar surface area (TPSA) is 0 Å². The third-order valence-corrected chi connectivity index (χ3v) is 2.20. The average molecular weight is 331 g/mol. The van der Waals surface area contributed by atoms with Gasteiger partial charge in [-0.25, -0.2) is 4.39 Å². The summed E-state index contributed by atoms with van der Waals surface area (Å²) in [5.41, 5.74) is 2.77. The summed E-state index contributed by atoms with van der Waals surface area (Å²) < 4.78 is 13.0. The zero-order valence-electron chi connectivity index (χ0n) is 9.00. The molecule has 0 bridgehead atoms. The van der Waals surface area contributed by atoms with Crippen LogP contribution in [0.25, 0.3) is 11.1 Å². The molecule has 0 aliphatic rings. The fraction of sp³-hybridized carbons (Fsp3) is 0.0769. The van der Waals surface area contributed by atoms with Crippen LogP contribution in [0.3, 0.4) is 0 Å². The standard InChI is InChI=1S/C13H10F.BrH.Zn/c1-10-9-12(7-8-13(10)14)11-5-3-2-4-6-11;;/h2-3,5-9H,1H3;1H;/q-1;;+2/p-1. The molecule has 16 heavy (non-hydrogen) atoms. The van der Waals surface area contributed by atoms with Gasteiger partial charge in [0.1, 0.15) is 5.82 Å². The molecular formula is C13H10BrFZn. The second kappa shape index (κ2) is 6.93. The van der Waals surface area contributed by atoms with E-state index < -0.39 is 0 Å². The van der Waals surface area contributed by atoms with Crippen LogP contribution in [-0.2, 0) is 16.3 Å². The molecule has 0 radical (unpaired) electrons. The van der Waals surface area contributed by atoms with Crippen molar-refractivity contribution in [3.63, 3.8) is 0 Å². The van der Waals surface area contributed by atoms with Gasteiger partial charge in [0.05, 0.1) is 0 Å². The summed E-state index contributed by atoms with van der Waals surface area (Å²) in [5.74, 6) is -0.159. The Morgan fingerprint density at radius 2 is 1.94 bits per heavy atom. The van der Waals surface area contributed by atoms with Gasteiger partial charge in [0.15, 0.2) is 0 Å². The maximum absolute atomic E-state index is 13.0. The second-order valence-electron chi connectivity index (χ2n) is 3.26. The Morgan fingerprint density at radius 3 is 2.50 bits per heavy atom. The molecule has 0 amide bonds. The number of halogens is 2. The number of rotatable bonds is 1. The Bertz CT molecular complexity index is 443. The van der Waals surface area contributed by atoms with E-state index in [4.69, 9.17) is 0 Å². The minimum atomic E-state index is -0.159. The quantitative estimate of drug-likeness (QED) is 0.535. The Balaban J connectivity index is 0.000000606. The van der Waals surface area contributed by atoms with Crippen LogP contribution in [0, 0.1) is 18.8 Å². The molecule has 0 spiro atoms. The van der Waals surface area contributed by atoms with Gasteiger partial charge >= 0.3 is 30.0 Å². The molecule has 0 saturated heterocycles. The summed E-state index contributed by atoms with van der Waals surface area (Å²) in [7, 11) is 0. The summed E-state index contributed by atoms with van der Waals surface area (Å²) in [6.07, 6.45) is 0. The third-order valence-electron chi connectivity index (χ3n) is 2.20. The fourth-order valence-corrected chi connectivity index (χ4v) is 1.40. The van der Waals surface area contributed by atoms with Gasteiger partial charge in [-0.1, -0.05) is 17.7 Å². The van der Waals surface area contributed by atoms with Crippen LogP contribution in [0.5, 0.6) is 0 Å². The summed E-state index contributed by atoms with van der Waals surface area (Å²) in [6.45, 7) is 1.77. The van der Waals surface area contributed by atoms with Gasteiger partial charge < -0.3 is 0 Å². The molecule has 0 N–H and O–H groups in total. The number of hydrogen-bond acceptors (Lipinski definition) is 0. The monoisotopic (exact) mass is 328 g/mol. The van der Waals surface area contributed by atoms with E-state index in [2.05, 4.69) is 19.7 Å². The molecule has 2 aromatic rings. The van der Waals surface area contributed by atoms with Gasteiger partial charge in [-0.05, 0) is 18.6 Å². The van der Waals surface area contributed by atoms with Gasteiger partial charge in [0, 0.05) is 0 Å². The third kappa shape index (κ3) is 3.50. The first-order valence-electron chi connectivity index (χ1n) is 4.77. The van der Waals surface area contributed by atoms with Crippen LogP contribution in [0.1, 0.15) is 5.56 Å². The average Bonchev–Trinajstić information content (AvgIpc) is 2.36. The van der Waals surface area contributed by atoms with Crippen LogP contribution in [0.2, 0.25) is 0 Å². The van der Waals surface area contributed by atoms with Crippen molar-refractivity contribution in [3.8, 4) is 11.1 Å². The molecule has 2 aromatic carbocycles. The summed E-state index contributed by atoms with van der Waals surface area (Å²) in [6, 6.07) is 15.8. The van der Waals surface area contributed by atoms with Crippen molar-refractivity contribution in [1.29, 1.82) is 0 Å². The van der Waals surface area contributed by atoms with E-state index in [0.29, 0.717) is 5.56 Å². The van der Waals surface area contributed by atoms with Crippen molar-refractivity contribution in [3.05, 3.63) is 59.9 Å². The minimum absolute atomic E-state index is 0.159. The second-order valence-corrected chi connectivity index (χ2v) is 3.26. The molecule has 2 rings (SSSR count). The van der Waals surface area contributed by atoms with Crippen LogP contribution in [-0.4, -0.2) is 0 Å². The fourth-order valence-electron chi connectivity index (χ4n) is 1.40. The Hall–Kier alpha value is -0.527. The molecule has 0 aliphatic heterocycles. The van der Waals surface area contributed by atoms with Crippen LogP contribution in [0.4, 0.5) is 4.39 Å². The zero-order chi connectivity index (χ0) is 12.0. The van der Waals surface area contributed by atoms with Gasteiger partial charge in [-0.15, -0.1) is 5.56 Å². The molecule has 0 aliphatic carbocycles. The van der Waals surface area contributed by atoms with E-state index in [0.717, 1.165) is 11.1 Å². The number of hydrogen-bond donors (Lipinski definition) is 0. The Labute approximate surface area is 112 Å². The van der Waals surface area contributed by atoms with Gasteiger partial charge in [0.25, 0.3) is 0 Å². The molecule has 0 aromatic heterocycles. The SMILES string of the molecule is Cc1cc(-c2c[c-]ccc2)ccc1F.[Zn+][Br]. The molecule has 3 heteroatoms. The summed E-state index contributed by atoms with van der Waals surface area (Å²) in [5, 5.41) is 0. The molecule has 0 fully saturated rings. The van der Waals surface area contributed by atoms with E-state index >= 15 is 0 Å². The van der Waals surface area contributed by atoms with Gasteiger partial charge in [-0.3, -0.25) is 0 Å². The molecule has 0 heterocycles. The molecule has 0 atom stereocenters. The van der Waals surface area contributed by atoms with Gasteiger partial charge in [0.2, 0.25) is 0 Å². The van der Waals surface area contributed by atoms with E-state index in [1.807, 2.05) is 30.3 Å². The molecule has 0 nitrogen and oxygen atoms in total. The van der Waals surface area contributed by atoms with Crippen LogP contribution >= 0.6 is 13.6 Å². The maximum atomic E-state index is 13.0. The molecule has 0 saturated carbocycles. The van der Waals surface area contributed by atoms with Crippen molar-refractivity contribution in [2.45, 2.75) is 6.92 Å². The van der Waals surface area contributed by atoms with Crippen molar-refractivity contribution in [2.24, 2.45) is 0 Å². The number of benzene rings is 2. The molecule has 78 valence electrons. The van der Waals surface area contributed by atoms with E-state index in [1.165, 1.54) is 22.4 Å². The summed E-state index contributed by atoms with van der Waals surface area (Å²) >= 11 is 4.25. The normalized spacial score (nSPS) is 9.31. The van der Waals surface area contributed by atoms with Crippen LogP contribution in [0.15, 0.2) is 42.5 Å². The Kier molecular flexibility index (Phi) is 5.86. The molecule has 0 unspecified atom stereocenters. The van der Waals surface area contributed by atoms with Crippen molar-refractivity contribution >= 4 is 13.6 Å². The zero-order valence-corrected chi connectivity index (χ0v) is 13.6. The first-order valence-corrected chi connectivity index (χ1v) is 11.7. The van der Waals surface area contributed by atoms with E-state index in [9.17, 15) is 4.39 Å². The van der Waals surface area contributed by atoms with Gasteiger partial charge in [-0.2, -0.15) is 30.3 Å². The first-order chi connectivity index (χ1) is 7.77. The summed E-state index contributed by atoms with van der Waals surface area (Å²) in [4.78, 5) is 0. The predicted octanol–water partition coefficient (Wildman–Crippen LogP) is 4.44. The molecular weight excluding hydrogens is 320 g/mol. The van der Waals surface area contributed by atoms with Crippen molar-refractivity contribution in [2.75, 3.05) is 0 Å².